The van der Waals surface area contributed by atoms with Gasteiger partial charge in [-0.1, -0.05) is 194 Å². The maximum atomic E-state index is 7.34. The zero-order chi connectivity index (χ0) is 37.8. The SMILES string of the molecule is c1ccc(-c2ccc(N(c3cccc(-c4ccccc4)c3)c3cccc4c3oc3c5c(ccc34)C(c3ccccc3)(c3ccccc3)c3ccccc3-5)cc2)cc1. The van der Waals surface area contributed by atoms with Crippen molar-refractivity contribution in [3.8, 4) is 33.4 Å². The van der Waals surface area contributed by atoms with Crippen molar-refractivity contribution in [3.05, 3.63) is 247 Å². The summed E-state index contributed by atoms with van der Waals surface area (Å²) < 4.78 is 7.34. The van der Waals surface area contributed by atoms with Crippen LogP contribution in [0.2, 0.25) is 0 Å². The Labute approximate surface area is 332 Å². The molecule has 1 aliphatic carbocycles. The number of furan rings is 1. The molecule has 0 amide bonds. The molecule has 0 aliphatic heterocycles. The number of anilines is 3. The molecular formula is C55H37NO. The molecule has 0 N–H and O–H groups in total. The summed E-state index contributed by atoms with van der Waals surface area (Å²) in [7, 11) is 0. The van der Waals surface area contributed by atoms with Crippen LogP contribution < -0.4 is 4.90 Å². The van der Waals surface area contributed by atoms with E-state index in [4.69, 9.17) is 4.42 Å². The summed E-state index contributed by atoms with van der Waals surface area (Å²) in [6, 6.07) is 80.8. The molecule has 0 saturated heterocycles. The molecule has 11 rings (SSSR count). The molecule has 2 nitrogen and oxygen atoms in total. The number of hydrogen-bond acceptors (Lipinski definition) is 2. The summed E-state index contributed by atoms with van der Waals surface area (Å²) in [6.07, 6.45) is 0. The van der Waals surface area contributed by atoms with Crippen LogP contribution in [0.3, 0.4) is 0 Å². The third kappa shape index (κ3) is 5.18. The van der Waals surface area contributed by atoms with Crippen LogP contribution in [-0.2, 0) is 5.41 Å². The van der Waals surface area contributed by atoms with Crippen LogP contribution in [0, 0.1) is 0 Å². The van der Waals surface area contributed by atoms with Crippen molar-refractivity contribution in [2.45, 2.75) is 5.41 Å². The fraction of sp³-hybridized carbons (Fsp3) is 0.0182. The molecule has 0 atom stereocenters. The van der Waals surface area contributed by atoms with Gasteiger partial charge in [0.15, 0.2) is 5.58 Å². The summed E-state index contributed by atoms with van der Waals surface area (Å²) in [4.78, 5) is 2.35. The third-order valence-electron chi connectivity index (χ3n) is 11.7. The summed E-state index contributed by atoms with van der Waals surface area (Å²) >= 11 is 0. The molecule has 1 aromatic heterocycles. The average molecular weight is 728 g/mol. The van der Waals surface area contributed by atoms with Gasteiger partial charge in [0.25, 0.3) is 0 Å². The lowest BCUT2D eigenvalue weighted by Gasteiger charge is -2.33. The Morgan fingerprint density at radius 3 is 1.58 bits per heavy atom. The predicted octanol–water partition coefficient (Wildman–Crippen LogP) is 14.8. The fourth-order valence-electron chi connectivity index (χ4n) is 9.26. The van der Waals surface area contributed by atoms with Crippen molar-refractivity contribution in [1.82, 2.24) is 0 Å². The summed E-state index contributed by atoms with van der Waals surface area (Å²) in [5, 5.41) is 2.19. The molecule has 0 unspecified atom stereocenters. The molecule has 57 heavy (non-hydrogen) atoms. The van der Waals surface area contributed by atoms with Crippen LogP contribution in [0.1, 0.15) is 22.3 Å². The zero-order valence-electron chi connectivity index (χ0n) is 31.2. The monoisotopic (exact) mass is 727 g/mol. The van der Waals surface area contributed by atoms with Crippen LogP contribution in [0.4, 0.5) is 17.1 Å². The van der Waals surface area contributed by atoms with E-state index in [0.717, 1.165) is 50.1 Å². The summed E-state index contributed by atoms with van der Waals surface area (Å²) in [5.74, 6) is 0. The van der Waals surface area contributed by atoms with Gasteiger partial charge in [0, 0.05) is 27.7 Å². The number of benzene rings is 9. The van der Waals surface area contributed by atoms with Crippen LogP contribution in [0.25, 0.3) is 55.3 Å². The predicted molar refractivity (Wildman–Crippen MR) is 237 cm³/mol. The largest absolute Gasteiger partial charge is 0.453 e. The standard InChI is InChI=1S/C55H37NO/c1-5-17-38(18-6-1)40-31-33-44(34-32-40)56(45-26-15-21-41(37-45)39-19-7-2-8-20-39)51-30-16-28-46-47-35-36-50-52(54(47)57-53(46)51)48-27-13-14-29-49(48)55(50,42-22-9-3-10-23-42)43-24-11-4-12-25-43/h1-37H. The van der Waals surface area contributed by atoms with Gasteiger partial charge in [-0.05, 0) is 80.4 Å². The summed E-state index contributed by atoms with van der Waals surface area (Å²) in [5.41, 5.74) is 16.4. The van der Waals surface area contributed by atoms with Gasteiger partial charge in [-0.15, -0.1) is 0 Å². The lowest BCUT2D eigenvalue weighted by molar-refractivity contribution is 0.669. The van der Waals surface area contributed by atoms with Gasteiger partial charge < -0.3 is 9.32 Å². The Hall–Kier alpha value is -7.42. The van der Waals surface area contributed by atoms with Crippen LogP contribution in [-0.4, -0.2) is 0 Å². The first-order valence-corrected chi connectivity index (χ1v) is 19.6. The van der Waals surface area contributed by atoms with Gasteiger partial charge in [0.2, 0.25) is 0 Å². The fourth-order valence-corrected chi connectivity index (χ4v) is 9.26. The van der Waals surface area contributed by atoms with E-state index in [1.165, 1.54) is 44.5 Å². The van der Waals surface area contributed by atoms with Crippen LogP contribution >= 0.6 is 0 Å². The van der Waals surface area contributed by atoms with E-state index in [0.29, 0.717) is 0 Å². The second-order valence-corrected chi connectivity index (χ2v) is 14.8. The van der Waals surface area contributed by atoms with Crippen LogP contribution in [0.5, 0.6) is 0 Å². The maximum absolute atomic E-state index is 7.34. The number of hydrogen-bond donors (Lipinski definition) is 0. The van der Waals surface area contributed by atoms with Gasteiger partial charge in [-0.3, -0.25) is 0 Å². The summed E-state index contributed by atoms with van der Waals surface area (Å²) in [6.45, 7) is 0. The van der Waals surface area contributed by atoms with E-state index >= 15 is 0 Å². The molecule has 2 heteroatoms. The van der Waals surface area contributed by atoms with Gasteiger partial charge in [0.1, 0.15) is 5.58 Å². The normalized spacial score (nSPS) is 12.7. The van der Waals surface area contributed by atoms with Crippen molar-refractivity contribution in [3.63, 3.8) is 0 Å². The molecule has 0 bridgehead atoms. The second-order valence-electron chi connectivity index (χ2n) is 14.8. The first-order valence-electron chi connectivity index (χ1n) is 19.6. The topological polar surface area (TPSA) is 16.4 Å². The van der Waals surface area contributed by atoms with Gasteiger partial charge >= 0.3 is 0 Å². The van der Waals surface area contributed by atoms with Crippen molar-refractivity contribution >= 4 is 39.0 Å². The van der Waals surface area contributed by atoms with E-state index in [1.807, 2.05) is 0 Å². The van der Waals surface area contributed by atoms with E-state index in [1.54, 1.807) is 0 Å². The second kappa shape index (κ2) is 13.4. The number of para-hydroxylation sites is 1. The molecule has 0 radical (unpaired) electrons. The highest BCUT2D eigenvalue weighted by atomic mass is 16.3. The van der Waals surface area contributed by atoms with Crippen LogP contribution in [0.15, 0.2) is 229 Å². The van der Waals surface area contributed by atoms with E-state index in [-0.39, 0.29) is 0 Å². The van der Waals surface area contributed by atoms with Crippen molar-refractivity contribution in [2.24, 2.45) is 0 Å². The first-order chi connectivity index (χ1) is 28.3. The molecule has 1 aliphatic rings. The highest BCUT2D eigenvalue weighted by Crippen LogP contribution is 2.58. The zero-order valence-corrected chi connectivity index (χ0v) is 31.2. The molecule has 268 valence electrons. The highest BCUT2D eigenvalue weighted by molar-refractivity contribution is 6.15. The minimum Gasteiger partial charge on any atom is -0.453 e. The molecule has 10 aromatic rings. The molecule has 0 saturated carbocycles. The van der Waals surface area contributed by atoms with Gasteiger partial charge in [-0.25, -0.2) is 0 Å². The minimum absolute atomic E-state index is 0.505. The van der Waals surface area contributed by atoms with Crippen molar-refractivity contribution in [1.29, 1.82) is 0 Å². The Kier molecular flexibility index (Phi) is 7.75. The van der Waals surface area contributed by atoms with E-state index in [9.17, 15) is 0 Å². The number of fused-ring (bicyclic) bond motifs is 7. The molecule has 9 aromatic carbocycles. The minimum atomic E-state index is -0.505. The van der Waals surface area contributed by atoms with Crippen molar-refractivity contribution in [2.75, 3.05) is 4.90 Å². The smallest absolute Gasteiger partial charge is 0.159 e. The van der Waals surface area contributed by atoms with E-state index in [2.05, 4.69) is 229 Å². The molecule has 0 fully saturated rings. The first kappa shape index (κ1) is 33.0. The lowest BCUT2D eigenvalue weighted by atomic mass is 9.68. The molecule has 1 heterocycles. The van der Waals surface area contributed by atoms with E-state index < -0.39 is 5.41 Å². The number of nitrogens with zero attached hydrogens (tertiary/aromatic N) is 1. The Morgan fingerprint density at radius 2 is 0.895 bits per heavy atom. The van der Waals surface area contributed by atoms with Crippen molar-refractivity contribution < 1.29 is 4.42 Å². The Morgan fingerprint density at radius 1 is 0.351 bits per heavy atom. The average Bonchev–Trinajstić information content (AvgIpc) is 3.83. The molecule has 0 spiro atoms. The van der Waals surface area contributed by atoms with Gasteiger partial charge in [0.05, 0.1) is 11.1 Å². The lowest BCUT2D eigenvalue weighted by Crippen LogP contribution is -2.28. The third-order valence-corrected chi connectivity index (χ3v) is 11.7. The maximum Gasteiger partial charge on any atom is 0.159 e. The van der Waals surface area contributed by atoms with Gasteiger partial charge in [-0.2, -0.15) is 0 Å². The highest BCUT2D eigenvalue weighted by Gasteiger charge is 2.47. The molecular weight excluding hydrogens is 691 g/mol. The quantitative estimate of drug-likeness (QED) is 0.163. The number of rotatable bonds is 7. The Bertz CT molecular complexity index is 3000. The Balaban J connectivity index is 1.16.